The van der Waals surface area contributed by atoms with E-state index in [1.54, 1.807) is 0 Å². The number of benzene rings is 2. The fourth-order valence-electron chi connectivity index (χ4n) is 6.20. The van der Waals surface area contributed by atoms with Gasteiger partial charge in [0.1, 0.15) is 12.0 Å². The lowest BCUT2D eigenvalue weighted by Crippen LogP contribution is -2.53. The van der Waals surface area contributed by atoms with Crippen LogP contribution in [0.3, 0.4) is 0 Å². The molecule has 2 fully saturated rings. The molecule has 0 bridgehead atoms. The van der Waals surface area contributed by atoms with Crippen molar-refractivity contribution in [3.05, 3.63) is 71.9 Å². The maximum absolute atomic E-state index is 14.0. The van der Waals surface area contributed by atoms with E-state index in [2.05, 4.69) is 11.0 Å². The van der Waals surface area contributed by atoms with Crippen molar-refractivity contribution in [2.24, 2.45) is 5.92 Å². The number of anilines is 1. The van der Waals surface area contributed by atoms with E-state index in [0.29, 0.717) is 5.69 Å². The first kappa shape index (κ1) is 25.1. The summed E-state index contributed by atoms with van der Waals surface area (Å²) in [6.07, 6.45) is 6.25. The zero-order valence-corrected chi connectivity index (χ0v) is 21.1. The Morgan fingerprint density at radius 2 is 1.76 bits per heavy atom. The topological polar surface area (TPSA) is 90.8 Å². The minimum absolute atomic E-state index is 0.0239. The van der Waals surface area contributed by atoms with E-state index in [1.165, 1.54) is 0 Å². The van der Waals surface area contributed by atoms with Gasteiger partial charge in [-0.25, -0.2) is 4.98 Å². The van der Waals surface area contributed by atoms with Crippen molar-refractivity contribution < 1.29 is 19.5 Å². The highest BCUT2D eigenvalue weighted by Gasteiger charge is 2.51. The Morgan fingerprint density at radius 3 is 2.54 bits per heavy atom. The standard InChI is InChI=1S/C29H29N3O3.CH4O/c33-18-6-13-27(34)31(20-15-16-20)28-21-8-2-4-11-25(21)32(26-12-5-9-22(26)28)29(35)24-17-14-19-7-1-3-10-23(19)30-24;1-2/h1-4,7-8,10-11,14,17-18,20,22,26,28H,5-6,9,12-13,15-16H2;2H,1H3. The summed E-state index contributed by atoms with van der Waals surface area (Å²) in [7, 11) is 1.00. The second-order valence-electron chi connectivity index (χ2n) is 9.97. The average molecular weight is 500 g/mol. The lowest BCUT2D eigenvalue weighted by atomic mass is 9.81. The van der Waals surface area contributed by atoms with Gasteiger partial charge in [0.05, 0.1) is 11.6 Å². The normalized spacial score (nSPS) is 21.9. The van der Waals surface area contributed by atoms with Crippen molar-refractivity contribution in [3.8, 4) is 0 Å². The minimum Gasteiger partial charge on any atom is -0.400 e. The smallest absolute Gasteiger partial charge is 0.277 e. The number of hydrogen-bond donors (Lipinski definition) is 1. The number of pyridine rings is 1. The molecule has 37 heavy (non-hydrogen) atoms. The van der Waals surface area contributed by atoms with Gasteiger partial charge in [0.2, 0.25) is 5.91 Å². The van der Waals surface area contributed by atoms with Crippen LogP contribution in [0.25, 0.3) is 10.9 Å². The van der Waals surface area contributed by atoms with Crippen molar-refractivity contribution in [3.63, 3.8) is 0 Å². The van der Waals surface area contributed by atoms with E-state index in [0.717, 1.165) is 67.7 Å². The predicted molar refractivity (Wildman–Crippen MR) is 142 cm³/mol. The second kappa shape index (κ2) is 10.8. The first-order chi connectivity index (χ1) is 18.2. The van der Waals surface area contributed by atoms with Crippen LogP contribution in [0.1, 0.15) is 67.0 Å². The third kappa shape index (κ3) is 4.64. The quantitative estimate of drug-likeness (QED) is 0.497. The number of fused-ring (bicyclic) bond motifs is 3. The average Bonchev–Trinajstić information content (AvgIpc) is 3.67. The molecule has 2 amide bonds. The molecule has 6 rings (SSSR count). The number of aliphatic hydroxyl groups excluding tert-OH is 1. The monoisotopic (exact) mass is 499 g/mol. The molecule has 0 spiro atoms. The van der Waals surface area contributed by atoms with E-state index < -0.39 is 0 Å². The van der Waals surface area contributed by atoms with Gasteiger partial charge in [0, 0.05) is 49.0 Å². The molecule has 3 aliphatic rings. The minimum atomic E-state index is -0.0798. The largest absolute Gasteiger partial charge is 0.400 e. The van der Waals surface area contributed by atoms with Crippen molar-refractivity contribution >= 4 is 34.7 Å². The summed E-state index contributed by atoms with van der Waals surface area (Å²) in [6.45, 7) is 0. The highest BCUT2D eigenvalue weighted by Crippen LogP contribution is 2.52. The molecule has 3 aromatic rings. The van der Waals surface area contributed by atoms with Crippen LogP contribution in [0, 0.1) is 5.92 Å². The Balaban J connectivity index is 0.00000137. The number of para-hydroxylation sites is 2. The van der Waals surface area contributed by atoms with Crippen LogP contribution in [0.5, 0.6) is 0 Å². The van der Waals surface area contributed by atoms with E-state index in [9.17, 15) is 14.4 Å². The Labute approximate surface area is 217 Å². The summed E-state index contributed by atoms with van der Waals surface area (Å²) >= 11 is 0. The van der Waals surface area contributed by atoms with Gasteiger partial charge >= 0.3 is 0 Å². The molecule has 2 aliphatic carbocycles. The number of hydrogen-bond acceptors (Lipinski definition) is 5. The van der Waals surface area contributed by atoms with E-state index >= 15 is 0 Å². The number of rotatable bonds is 6. The van der Waals surface area contributed by atoms with Crippen molar-refractivity contribution in [2.75, 3.05) is 12.0 Å². The van der Waals surface area contributed by atoms with Crippen molar-refractivity contribution in [1.82, 2.24) is 9.88 Å². The van der Waals surface area contributed by atoms with Crippen LogP contribution < -0.4 is 4.90 Å². The van der Waals surface area contributed by atoms with Crippen LogP contribution in [-0.2, 0) is 9.59 Å². The van der Waals surface area contributed by atoms with Crippen LogP contribution in [0.15, 0.2) is 60.7 Å². The number of aromatic nitrogens is 1. The van der Waals surface area contributed by atoms with Crippen LogP contribution in [0.2, 0.25) is 0 Å². The highest BCUT2D eigenvalue weighted by molar-refractivity contribution is 6.07. The number of carbonyl (C=O) groups excluding carboxylic acids is 3. The Kier molecular flexibility index (Phi) is 7.33. The van der Waals surface area contributed by atoms with Gasteiger partial charge in [-0.2, -0.15) is 0 Å². The molecule has 0 saturated heterocycles. The van der Waals surface area contributed by atoms with E-state index in [1.807, 2.05) is 59.5 Å². The number of aldehydes is 1. The molecular weight excluding hydrogens is 466 g/mol. The molecule has 7 nitrogen and oxygen atoms in total. The third-order valence-corrected chi connectivity index (χ3v) is 7.82. The van der Waals surface area contributed by atoms with Crippen LogP contribution in [0.4, 0.5) is 5.69 Å². The van der Waals surface area contributed by atoms with Gasteiger partial charge in [0.25, 0.3) is 5.91 Å². The van der Waals surface area contributed by atoms with Crippen molar-refractivity contribution in [1.29, 1.82) is 0 Å². The summed E-state index contributed by atoms with van der Waals surface area (Å²) in [6, 6.07) is 19.9. The summed E-state index contributed by atoms with van der Waals surface area (Å²) in [4.78, 5) is 47.0. The summed E-state index contributed by atoms with van der Waals surface area (Å²) in [5.41, 5.74) is 3.18. The van der Waals surface area contributed by atoms with Gasteiger partial charge in [-0.3, -0.25) is 9.59 Å². The fraction of sp³-hybridized carbons (Fsp3) is 0.400. The van der Waals surface area contributed by atoms with E-state index in [-0.39, 0.29) is 48.7 Å². The molecule has 3 atom stereocenters. The summed E-state index contributed by atoms with van der Waals surface area (Å²) in [5, 5.41) is 8.01. The number of nitrogens with zero attached hydrogens (tertiary/aromatic N) is 3. The van der Waals surface area contributed by atoms with Gasteiger partial charge in [-0.05, 0) is 49.4 Å². The predicted octanol–water partition coefficient (Wildman–Crippen LogP) is 4.68. The maximum Gasteiger partial charge on any atom is 0.277 e. The second-order valence-corrected chi connectivity index (χ2v) is 9.97. The molecule has 1 aliphatic heterocycles. The fourth-order valence-corrected chi connectivity index (χ4v) is 6.20. The molecule has 2 saturated carbocycles. The highest BCUT2D eigenvalue weighted by atomic mass is 16.2. The summed E-state index contributed by atoms with van der Waals surface area (Å²) in [5.74, 6) is 0.153. The van der Waals surface area contributed by atoms with Gasteiger partial charge in [0.15, 0.2) is 0 Å². The Morgan fingerprint density at radius 1 is 1.00 bits per heavy atom. The number of amides is 2. The zero-order valence-electron chi connectivity index (χ0n) is 21.1. The van der Waals surface area contributed by atoms with E-state index in [4.69, 9.17) is 10.1 Å². The third-order valence-electron chi connectivity index (χ3n) is 7.82. The molecule has 0 radical (unpaired) electrons. The SMILES string of the molecule is CO.O=CCCC(=O)N(C1CC1)C1c2ccccc2N(C(=O)c2ccc3ccccc3n2)C2CCCC21. The molecule has 3 unspecified atom stereocenters. The van der Waals surface area contributed by atoms with Gasteiger partial charge in [-0.1, -0.05) is 48.9 Å². The molecule has 7 heteroatoms. The molecule has 192 valence electrons. The lowest BCUT2D eigenvalue weighted by Gasteiger charge is -2.47. The molecule has 1 N–H and O–H groups in total. The molecule has 2 heterocycles. The van der Waals surface area contributed by atoms with Gasteiger partial charge in [-0.15, -0.1) is 0 Å². The van der Waals surface area contributed by atoms with Crippen LogP contribution >= 0.6 is 0 Å². The number of aliphatic hydroxyl groups is 1. The first-order valence-electron chi connectivity index (χ1n) is 13.1. The first-order valence-corrected chi connectivity index (χ1v) is 13.1. The zero-order chi connectivity index (χ0) is 25.9. The molecule has 2 aromatic carbocycles. The lowest BCUT2D eigenvalue weighted by molar-refractivity contribution is -0.136. The van der Waals surface area contributed by atoms with Gasteiger partial charge < -0.3 is 19.7 Å². The van der Waals surface area contributed by atoms with Crippen LogP contribution in [-0.4, -0.2) is 52.3 Å². The number of carbonyl (C=O) groups is 3. The Bertz CT molecular complexity index is 1300. The summed E-state index contributed by atoms with van der Waals surface area (Å²) < 4.78 is 0. The maximum atomic E-state index is 14.0. The Hall–Kier alpha value is -3.58. The van der Waals surface area contributed by atoms with Crippen molar-refractivity contribution in [2.45, 2.75) is 63.1 Å². The molecular formula is C30H33N3O4. The molecule has 1 aromatic heterocycles.